The molecular weight excluding hydrogens is 448 g/mol. The number of nitrogens with one attached hydrogen (secondary N) is 2. The second kappa shape index (κ2) is 12.2. The molecule has 9 heteroatoms. The largest absolute Gasteiger partial charge is 0.491 e. The van der Waals surface area contributed by atoms with E-state index < -0.39 is 0 Å². The average molecular weight is 489 g/mol. The van der Waals surface area contributed by atoms with Gasteiger partial charge in [-0.05, 0) is 38.3 Å². The van der Waals surface area contributed by atoms with Crippen molar-refractivity contribution >= 4 is 23.5 Å². The number of ether oxygens (including phenoxy) is 2. The smallest absolute Gasteiger partial charge is 0.319 e. The first-order chi connectivity index (χ1) is 16.7. The molecule has 1 fully saturated rings. The first-order valence-electron chi connectivity index (χ1n) is 12.7. The number of benzene rings is 1. The Hall–Kier alpha value is -2.81. The van der Waals surface area contributed by atoms with Crippen LogP contribution in [-0.2, 0) is 9.53 Å². The van der Waals surface area contributed by atoms with Gasteiger partial charge < -0.3 is 29.9 Å². The molecule has 0 radical (unpaired) electrons. The summed E-state index contributed by atoms with van der Waals surface area (Å²) in [4.78, 5) is 42.3. The zero-order valence-electron chi connectivity index (χ0n) is 21.6. The van der Waals surface area contributed by atoms with E-state index in [2.05, 4.69) is 17.6 Å². The van der Waals surface area contributed by atoms with E-state index in [0.29, 0.717) is 36.6 Å². The molecule has 0 bridgehead atoms. The Kier molecular flexibility index (Phi) is 9.37. The molecule has 4 amide bonds. The normalized spacial score (nSPS) is 23.8. The highest BCUT2D eigenvalue weighted by atomic mass is 16.5. The molecule has 1 heterocycles. The average Bonchev–Trinajstić information content (AvgIpc) is 2.80. The Morgan fingerprint density at radius 3 is 2.57 bits per heavy atom. The van der Waals surface area contributed by atoms with Gasteiger partial charge in [-0.1, -0.05) is 20.3 Å². The van der Waals surface area contributed by atoms with Crippen LogP contribution in [0, 0.1) is 11.8 Å². The van der Waals surface area contributed by atoms with Crippen LogP contribution in [0.4, 0.5) is 10.5 Å². The number of hydrogen-bond donors (Lipinski definition) is 2. The van der Waals surface area contributed by atoms with Gasteiger partial charge in [0.25, 0.3) is 5.91 Å². The number of urea groups is 1. The van der Waals surface area contributed by atoms with Crippen molar-refractivity contribution in [1.29, 1.82) is 0 Å². The number of carbonyl (C=O) groups is 3. The van der Waals surface area contributed by atoms with Gasteiger partial charge in [-0.25, -0.2) is 4.79 Å². The molecule has 35 heavy (non-hydrogen) atoms. The Morgan fingerprint density at radius 2 is 1.94 bits per heavy atom. The number of hydrogen-bond acceptors (Lipinski definition) is 5. The summed E-state index contributed by atoms with van der Waals surface area (Å²) in [6.45, 7) is 7.73. The van der Waals surface area contributed by atoms with Crippen LogP contribution < -0.4 is 15.4 Å². The van der Waals surface area contributed by atoms with E-state index in [1.165, 1.54) is 0 Å². The number of fused-ring (bicyclic) bond motifs is 1. The van der Waals surface area contributed by atoms with E-state index in [1.807, 2.05) is 18.7 Å². The number of carbonyl (C=O) groups excluding carboxylic acids is 3. The van der Waals surface area contributed by atoms with Crippen molar-refractivity contribution in [3.63, 3.8) is 0 Å². The second-order valence-corrected chi connectivity index (χ2v) is 9.81. The van der Waals surface area contributed by atoms with E-state index in [1.54, 1.807) is 37.3 Å². The lowest BCUT2D eigenvalue weighted by atomic mass is 9.83. The van der Waals surface area contributed by atoms with Crippen molar-refractivity contribution in [3.05, 3.63) is 23.8 Å². The van der Waals surface area contributed by atoms with Crippen LogP contribution in [0.15, 0.2) is 18.2 Å². The first-order valence-corrected chi connectivity index (χ1v) is 12.7. The molecule has 0 saturated heterocycles. The molecule has 1 saturated carbocycles. The number of likely N-dealkylation sites (N-methyl/N-ethyl adjacent to an activating group) is 1. The molecule has 194 valence electrons. The predicted octanol–water partition coefficient (Wildman–Crippen LogP) is 3.35. The van der Waals surface area contributed by atoms with Gasteiger partial charge in [-0.15, -0.1) is 0 Å². The van der Waals surface area contributed by atoms with Gasteiger partial charge in [0, 0.05) is 57.4 Å². The monoisotopic (exact) mass is 488 g/mol. The van der Waals surface area contributed by atoms with Crippen LogP contribution in [0.3, 0.4) is 0 Å². The summed E-state index contributed by atoms with van der Waals surface area (Å²) in [6.07, 6.45) is 3.56. The van der Waals surface area contributed by atoms with Crippen molar-refractivity contribution < 1.29 is 23.9 Å². The van der Waals surface area contributed by atoms with Crippen molar-refractivity contribution in [2.45, 2.75) is 58.6 Å². The lowest BCUT2D eigenvalue weighted by molar-refractivity contribution is -0.142. The van der Waals surface area contributed by atoms with Gasteiger partial charge in [0.15, 0.2) is 0 Å². The van der Waals surface area contributed by atoms with Crippen LogP contribution in [0.1, 0.15) is 56.8 Å². The van der Waals surface area contributed by atoms with Crippen molar-refractivity contribution in [3.8, 4) is 5.75 Å². The van der Waals surface area contributed by atoms with E-state index in [9.17, 15) is 14.4 Å². The van der Waals surface area contributed by atoms with Crippen molar-refractivity contribution in [1.82, 2.24) is 15.1 Å². The summed E-state index contributed by atoms with van der Waals surface area (Å²) in [5, 5.41) is 5.56. The highest BCUT2D eigenvalue weighted by molar-refractivity contribution is 5.98. The number of amides is 4. The number of rotatable bonds is 5. The zero-order chi connectivity index (χ0) is 25.5. The standard InChI is InChI=1S/C26H40N4O5/c1-6-12-27-26(33)28-20-10-11-21-22(13-20)35-16-18(3)30(24(31)19-8-7-9-19)14-17(2)23(34-5)15-29(4)25(21)32/h10-11,13,17-19,23H,6-9,12,14-16H2,1-5H3,(H2,27,28,33)/t17-,18-,23-/m0/s1. The molecule has 2 N–H and O–H groups in total. The summed E-state index contributed by atoms with van der Waals surface area (Å²) in [5.74, 6) is 0.465. The Balaban J connectivity index is 1.90. The van der Waals surface area contributed by atoms with Crippen LogP contribution in [0.25, 0.3) is 0 Å². The lowest BCUT2D eigenvalue weighted by Gasteiger charge is -2.39. The number of anilines is 1. The minimum absolute atomic E-state index is 0.0360. The summed E-state index contributed by atoms with van der Waals surface area (Å²) in [7, 11) is 3.38. The highest BCUT2D eigenvalue weighted by Gasteiger charge is 2.35. The third kappa shape index (κ3) is 6.66. The summed E-state index contributed by atoms with van der Waals surface area (Å²) < 4.78 is 11.9. The SMILES string of the molecule is CCCNC(=O)Nc1ccc2c(c1)OC[C@H](C)N(C(=O)C1CCC1)C[C@H](C)[C@@H](OC)CN(C)C2=O. The summed E-state index contributed by atoms with van der Waals surface area (Å²) in [5.41, 5.74) is 0.928. The van der Waals surface area contributed by atoms with Gasteiger partial charge in [0.1, 0.15) is 12.4 Å². The van der Waals surface area contributed by atoms with E-state index >= 15 is 0 Å². The molecular formula is C26H40N4O5. The van der Waals surface area contributed by atoms with E-state index in [-0.39, 0.29) is 48.4 Å². The first kappa shape index (κ1) is 26.8. The third-order valence-electron chi connectivity index (χ3n) is 6.98. The van der Waals surface area contributed by atoms with Gasteiger partial charge in [0.2, 0.25) is 5.91 Å². The lowest BCUT2D eigenvalue weighted by Crippen LogP contribution is -2.51. The Bertz CT molecular complexity index is 904. The maximum Gasteiger partial charge on any atom is 0.319 e. The molecule has 1 aliphatic heterocycles. The topological polar surface area (TPSA) is 100 Å². The van der Waals surface area contributed by atoms with Gasteiger partial charge >= 0.3 is 6.03 Å². The number of methoxy groups -OCH3 is 1. The highest BCUT2D eigenvalue weighted by Crippen LogP contribution is 2.31. The van der Waals surface area contributed by atoms with Crippen LogP contribution >= 0.6 is 0 Å². The zero-order valence-corrected chi connectivity index (χ0v) is 21.6. The maximum absolute atomic E-state index is 13.3. The fourth-order valence-electron chi connectivity index (χ4n) is 4.46. The van der Waals surface area contributed by atoms with Crippen molar-refractivity contribution in [2.24, 2.45) is 11.8 Å². The third-order valence-corrected chi connectivity index (χ3v) is 6.98. The molecule has 0 unspecified atom stereocenters. The fourth-order valence-corrected chi connectivity index (χ4v) is 4.46. The molecule has 3 rings (SSSR count). The van der Waals surface area contributed by atoms with Crippen LogP contribution in [-0.4, -0.2) is 80.2 Å². The maximum atomic E-state index is 13.3. The van der Waals surface area contributed by atoms with Crippen molar-refractivity contribution in [2.75, 3.05) is 45.7 Å². The minimum Gasteiger partial charge on any atom is -0.491 e. The fraction of sp³-hybridized carbons (Fsp3) is 0.654. The molecule has 0 aromatic heterocycles. The van der Waals surface area contributed by atoms with Gasteiger partial charge in [-0.2, -0.15) is 0 Å². The van der Waals surface area contributed by atoms with E-state index in [4.69, 9.17) is 9.47 Å². The molecule has 9 nitrogen and oxygen atoms in total. The van der Waals surface area contributed by atoms with Gasteiger partial charge in [-0.3, -0.25) is 9.59 Å². The number of nitrogens with zero attached hydrogens (tertiary/aromatic N) is 2. The summed E-state index contributed by atoms with van der Waals surface area (Å²) in [6, 6.07) is 4.53. The molecule has 1 aliphatic carbocycles. The predicted molar refractivity (Wildman–Crippen MR) is 135 cm³/mol. The molecule has 0 spiro atoms. The minimum atomic E-state index is -0.314. The van der Waals surface area contributed by atoms with Crippen LogP contribution in [0.5, 0.6) is 5.75 Å². The molecule has 2 aliphatic rings. The van der Waals surface area contributed by atoms with E-state index in [0.717, 1.165) is 25.7 Å². The van der Waals surface area contributed by atoms with Crippen LogP contribution in [0.2, 0.25) is 0 Å². The summed E-state index contributed by atoms with van der Waals surface area (Å²) >= 11 is 0. The molecule has 1 aromatic carbocycles. The van der Waals surface area contributed by atoms with Gasteiger partial charge in [0.05, 0.1) is 17.7 Å². The molecule has 3 atom stereocenters. The Labute approximate surface area is 208 Å². The Morgan fingerprint density at radius 1 is 1.20 bits per heavy atom. The second-order valence-electron chi connectivity index (χ2n) is 9.81. The quantitative estimate of drug-likeness (QED) is 0.662. The molecule has 1 aromatic rings.